The first-order valence-corrected chi connectivity index (χ1v) is 10.2. The number of carboxylic acids is 1. The molecule has 0 radical (unpaired) electrons. The Morgan fingerprint density at radius 1 is 0.484 bits per heavy atom. The van der Waals surface area contributed by atoms with Crippen LogP contribution in [0.3, 0.4) is 0 Å². The molecule has 0 atom stereocenters. The summed E-state index contributed by atoms with van der Waals surface area (Å²) in [4.78, 5) is 10.2. The van der Waals surface area contributed by atoms with Gasteiger partial charge in [0, 0.05) is 12.4 Å². The number of ether oxygens (including phenoxy) is 8. The van der Waals surface area contributed by atoms with Crippen molar-refractivity contribution in [3.63, 3.8) is 0 Å². The average Bonchev–Trinajstić information content (AvgIpc) is 2.73. The van der Waals surface area contributed by atoms with Crippen molar-refractivity contribution in [2.75, 3.05) is 112 Å². The second-order valence-electron chi connectivity index (χ2n) is 5.74. The summed E-state index contributed by atoms with van der Waals surface area (Å²) < 4.78 is 42.1. The third-order valence-electron chi connectivity index (χ3n) is 3.29. The van der Waals surface area contributed by atoms with Crippen molar-refractivity contribution in [3.8, 4) is 0 Å². The number of carbonyl (C=O) groups is 1. The Kier molecular flexibility index (Phi) is 32.3. The Hall–Kier alpha value is 0.110. The normalized spacial score (nSPS) is 10.9. The van der Waals surface area contributed by atoms with Gasteiger partial charge in [-0.3, -0.25) is 0 Å². The fourth-order valence-electron chi connectivity index (χ4n) is 1.86. The summed E-state index contributed by atoms with van der Waals surface area (Å²) in [5, 5.41) is 18.7. The minimum atomic E-state index is -1.12. The van der Waals surface area contributed by atoms with Crippen LogP contribution in [0.5, 0.6) is 0 Å². The first kappa shape index (κ1) is 33.3. The third-order valence-corrected chi connectivity index (χ3v) is 3.29. The molecule has 0 aliphatic rings. The summed E-state index contributed by atoms with van der Waals surface area (Å²) in [5.41, 5.74) is 0. The Labute approximate surface area is 206 Å². The number of aliphatic carboxylic acids is 1. The fraction of sp³-hybridized carbons (Fsp3) is 0.947. The molecular weight excluding hydrogens is 427 g/mol. The third kappa shape index (κ3) is 32.4. The van der Waals surface area contributed by atoms with Gasteiger partial charge >= 0.3 is 29.6 Å². The van der Waals surface area contributed by atoms with Crippen LogP contribution in [0.2, 0.25) is 0 Å². The van der Waals surface area contributed by atoms with Gasteiger partial charge in [-0.15, -0.1) is 0 Å². The van der Waals surface area contributed by atoms with Gasteiger partial charge in [-0.05, 0) is 0 Å². The number of hydrogen-bond donors (Lipinski definition) is 1. The van der Waals surface area contributed by atoms with Crippen molar-refractivity contribution < 1.29 is 82.5 Å². The van der Waals surface area contributed by atoms with Gasteiger partial charge in [0.05, 0.1) is 112 Å². The molecule has 0 unspecified atom stereocenters. The molecule has 0 aliphatic heterocycles. The van der Waals surface area contributed by atoms with Crippen LogP contribution in [0.25, 0.3) is 0 Å². The van der Waals surface area contributed by atoms with Crippen molar-refractivity contribution >= 4 is 5.97 Å². The molecule has 1 N–H and O–H groups in total. The summed E-state index contributed by atoms with van der Waals surface area (Å²) in [6, 6.07) is 0. The van der Waals surface area contributed by atoms with E-state index in [0.29, 0.717) is 99.1 Å². The maximum absolute atomic E-state index is 10.2. The van der Waals surface area contributed by atoms with Crippen LogP contribution in [0.1, 0.15) is 6.42 Å². The van der Waals surface area contributed by atoms with Gasteiger partial charge < -0.3 is 52.9 Å². The summed E-state index contributed by atoms with van der Waals surface area (Å²) in [7, 11) is 0. The number of hydrogen-bond acceptors (Lipinski definition) is 11. The van der Waals surface area contributed by atoms with Crippen LogP contribution in [-0.4, -0.2) is 123 Å². The molecule has 0 aromatic heterocycles. The van der Waals surface area contributed by atoms with E-state index in [1.54, 1.807) is 0 Å². The quantitative estimate of drug-likeness (QED) is 0.0977. The molecule has 0 aliphatic carbocycles. The molecule has 0 aromatic rings. The number of aliphatic hydroxyl groups is 1. The van der Waals surface area contributed by atoms with Crippen molar-refractivity contribution in [1.29, 1.82) is 0 Å². The molecule has 0 fully saturated rings. The molecule has 0 saturated carbocycles. The Balaban J connectivity index is 0. The largest absolute Gasteiger partial charge is 1.00 e. The van der Waals surface area contributed by atoms with Crippen LogP contribution in [0.15, 0.2) is 0 Å². The molecule has 0 bridgehead atoms. The molecule has 31 heavy (non-hydrogen) atoms. The first-order valence-electron chi connectivity index (χ1n) is 10.2. The van der Waals surface area contributed by atoms with Crippen LogP contribution in [0, 0.1) is 0 Å². The Bertz CT molecular complexity index is 351. The summed E-state index contributed by atoms with van der Waals surface area (Å²) in [6.45, 7) is 6.97. The molecule has 0 aromatic carbocycles. The average molecular weight is 464 g/mol. The van der Waals surface area contributed by atoms with E-state index in [1.165, 1.54) is 0 Å². The monoisotopic (exact) mass is 464 g/mol. The van der Waals surface area contributed by atoms with Crippen LogP contribution >= 0.6 is 0 Å². The predicted molar refractivity (Wildman–Crippen MR) is 103 cm³/mol. The molecule has 11 nitrogen and oxygen atoms in total. The topological polar surface area (TPSA) is 134 Å². The minimum absolute atomic E-state index is 0. The van der Waals surface area contributed by atoms with Crippen molar-refractivity contribution in [3.05, 3.63) is 0 Å². The molecule has 0 heterocycles. The maximum atomic E-state index is 10.2. The predicted octanol–water partition coefficient (Wildman–Crippen LogP) is -4.74. The summed E-state index contributed by atoms with van der Waals surface area (Å²) in [5.74, 6) is -1.12. The Morgan fingerprint density at radius 3 is 0.935 bits per heavy atom. The van der Waals surface area contributed by atoms with Crippen LogP contribution in [-0.2, 0) is 42.7 Å². The molecule has 0 saturated heterocycles. The molecule has 12 heteroatoms. The van der Waals surface area contributed by atoms with Crippen molar-refractivity contribution in [2.24, 2.45) is 0 Å². The van der Waals surface area contributed by atoms with E-state index in [-0.39, 0.29) is 49.2 Å². The zero-order chi connectivity index (χ0) is 22.0. The molecule has 0 spiro atoms. The zero-order valence-electron chi connectivity index (χ0n) is 18.8. The van der Waals surface area contributed by atoms with E-state index < -0.39 is 5.97 Å². The number of carbonyl (C=O) groups excluding carboxylic acids is 1. The summed E-state index contributed by atoms with van der Waals surface area (Å²) >= 11 is 0. The maximum Gasteiger partial charge on any atom is 1.00 e. The standard InChI is InChI=1S/C19H38O11.Na/c20-2-4-24-6-8-26-10-12-28-14-16-30-18-17-29-15-13-27-11-9-25-7-5-23-3-1-19(21)22;/h20H,1-18H2,(H,21,22);/q;+1/p-1. The number of aliphatic hydroxyl groups excluding tert-OH is 1. The molecule has 0 amide bonds. The zero-order valence-corrected chi connectivity index (χ0v) is 20.8. The fourth-order valence-corrected chi connectivity index (χ4v) is 1.86. The second-order valence-corrected chi connectivity index (χ2v) is 5.74. The summed E-state index contributed by atoms with van der Waals surface area (Å²) in [6.07, 6.45) is -0.109. The van der Waals surface area contributed by atoms with Gasteiger partial charge in [0.15, 0.2) is 0 Å². The SMILES string of the molecule is O=C([O-])CCOCCOCCOCCOCCOCCOCCOCCOCCO.[Na+]. The van der Waals surface area contributed by atoms with E-state index in [1.807, 2.05) is 0 Å². The molecule has 0 rings (SSSR count). The smallest absolute Gasteiger partial charge is 0.550 e. The van der Waals surface area contributed by atoms with Crippen molar-refractivity contribution in [1.82, 2.24) is 0 Å². The van der Waals surface area contributed by atoms with Gasteiger partial charge in [0.1, 0.15) is 0 Å². The first-order chi connectivity index (χ1) is 14.8. The van der Waals surface area contributed by atoms with Gasteiger partial charge in [0.25, 0.3) is 0 Å². The van der Waals surface area contributed by atoms with Gasteiger partial charge in [-0.1, -0.05) is 0 Å². The van der Waals surface area contributed by atoms with Crippen LogP contribution < -0.4 is 34.7 Å². The van der Waals surface area contributed by atoms with E-state index >= 15 is 0 Å². The van der Waals surface area contributed by atoms with Gasteiger partial charge in [0.2, 0.25) is 0 Å². The number of rotatable bonds is 26. The van der Waals surface area contributed by atoms with Crippen molar-refractivity contribution in [2.45, 2.75) is 6.42 Å². The van der Waals surface area contributed by atoms with Gasteiger partial charge in [-0.25, -0.2) is 0 Å². The number of carboxylic acid groups (broad SMARTS) is 1. The molecular formula is C19H37NaO11. The molecule has 180 valence electrons. The van der Waals surface area contributed by atoms with E-state index in [0.717, 1.165) is 0 Å². The van der Waals surface area contributed by atoms with E-state index in [9.17, 15) is 9.90 Å². The van der Waals surface area contributed by atoms with Crippen LogP contribution in [0.4, 0.5) is 0 Å². The van der Waals surface area contributed by atoms with E-state index in [2.05, 4.69) is 0 Å². The van der Waals surface area contributed by atoms with Gasteiger partial charge in [-0.2, -0.15) is 0 Å². The Morgan fingerprint density at radius 2 is 0.710 bits per heavy atom. The second kappa shape index (κ2) is 30.1. The van der Waals surface area contributed by atoms with E-state index in [4.69, 9.17) is 43.0 Å². The minimum Gasteiger partial charge on any atom is -0.550 e.